The molecular weight excluding hydrogens is 282 g/mol. The number of hydrogen-bond acceptors (Lipinski definition) is 5. The predicted molar refractivity (Wildman–Crippen MR) is 84.4 cm³/mol. The van der Waals surface area contributed by atoms with E-state index < -0.39 is 0 Å². The molecule has 2 aromatic rings. The second-order valence-corrected chi connectivity index (χ2v) is 6.23. The normalized spacial score (nSPS) is 13.6. The fourth-order valence-corrected chi connectivity index (χ4v) is 3.51. The lowest BCUT2D eigenvalue weighted by atomic mass is 10.1. The van der Waals surface area contributed by atoms with Gasteiger partial charge in [0.2, 0.25) is 5.16 Å². The number of nitrogens with one attached hydrogen (secondary N) is 1. The molecule has 0 atom stereocenters. The van der Waals surface area contributed by atoms with Crippen LogP contribution in [-0.2, 0) is 25.1 Å². The van der Waals surface area contributed by atoms with E-state index in [0.717, 1.165) is 30.5 Å². The Balaban J connectivity index is 1.59. The topological polar surface area (TPSA) is 55.6 Å². The number of tetrazole rings is 1. The molecule has 0 fully saturated rings. The van der Waals surface area contributed by atoms with Crippen LogP contribution in [0.2, 0.25) is 0 Å². The van der Waals surface area contributed by atoms with Gasteiger partial charge < -0.3 is 5.32 Å². The van der Waals surface area contributed by atoms with Crippen LogP contribution in [0.25, 0.3) is 0 Å². The Morgan fingerprint density at radius 2 is 2.19 bits per heavy atom. The van der Waals surface area contributed by atoms with Gasteiger partial charge in [-0.15, -0.1) is 5.10 Å². The summed E-state index contributed by atoms with van der Waals surface area (Å²) in [5.74, 6) is 0.925. The summed E-state index contributed by atoms with van der Waals surface area (Å²) in [5, 5.41) is 16.1. The van der Waals surface area contributed by atoms with Crippen molar-refractivity contribution in [1.82, 2.24) is 25.5 Å². The lowest BCUT2D eigenvalue weighted by Gasteiger charge is -2.06. The summed E-state index contributed by atoms with van der Waals surface area (Å²) in [5.41, 5.74) is 4.42. The summed E-state index contributed by atoms with van der Waals surface area (Å²) >= 11 is 1.71. The molecule has 5 nitrogen and oxygen atoms in total. The van der Waals surface area contributed by atoms with E-state index in [-0.39, 0.29) is 0 Å². The highest BCUT2D eigenvalue weighted by Crippen LogP contribution is 2.26. The molecule has 21 heavy (non-hydrogen) atoms. The molecule has 0 saturated carbocycles. The molecule has 0 saturated heterocycles. The highest BCUT2D eigenvalue weighted by molar-refractivity contribution is 7.98. The van der Waals surface area contributed by atoms with Crippen molar-refractivity contribution in [3.8, 4) is 0 Å². The van der Waals surface area contributed by atoms with E-state index >= 15 is 0 Å². The highest BCUT2D eigenvalue weighted by Gasteiger charge is 2.12. The Kier molecular flexibility index (Phi) is 4.87. The molecule has 0 unspecified atom stereocenters. The van der Waals surface area contributed by atoms with Crippen LogP contribution in [0, 0.1) is 0 Å². The number of aromatic nitrogens is 4. The molecule has 0 radical (unpaired) electrons. The average Bonchev–Trinajstić information content (AvgIpc) is 3.13. The zero-order valence-corrected chi connectivity index (χ0v) is 13.2. The summed E-state index contributed by atoms with van der Waals surface area (Å²) in [6.07, 6.45) is 3.77. The van der Waals surface area contributed by atoms with Crippen LogP contribution in [0.15, 0.2) is 23.4 Å². The number of likely N-dealkylation sites (N-methyl/N-ethyl adjacent to an activating group) is 1. The van der Waals surface area contributed by atoms with E-state index in [2.05, 4.69) is 46.0 Å². The largest absolute Gasteiger partial charge is 0.315 e. The first-order valence-corrected chi connectivity index (χ1v) is 8.55. The van der Waals surface area contributed by atoms with Crippen LogP contribution in [0.4, 0.5) is 0 Å². The van der Waals surface area contributed by atoms with Crippen LogP contribution in [0.1, 0.15) is 30.0 Å². The van der Waals surface area contributed by atoms with Crippen LogP contribution >= 0.6 is 11.8 Å². The van der Waals surface area contributed by atoms with Gasteiger partial charge in [0.1, 0.15) is 0 Å². The Morgan fingerprint density at radius 1 is 1.29 bits per heavy atom. The minimum absolute atomic E-state index is 0.813. The third-order valence-corrected chi connectivity index (χ3v) is 4.81. The number of aryl methyl sites for hydroxylation is 2. The maximum atomic E-state index is 4.12. The standard InChI is InChI=1S/C15H21N5S/c1-2-16-8-9-20-15(17-18-19-20)21-11-12-6-7-13-4-3-5-14(13)10-12/h6-7,10,16H,2-5,8-9,11H2,1H3. The van der Waals surface area contributed by atoms with Crippen LogP contribution < -0.4 is 5.32 Å². The van der Waals surface area contributed by atoms with Gasteiger partial charge in [-0.1, -0.05) is 36.9 Å². The molecule has 6 heteroatoms. The molecule has 0 amide bonds. The molecule has 1 aromatic heterocycles. The summed E-state index contributed by atoms with van der Waals surface area (Å²) in [4.78, 5) is 0. The minimum atomic E-state index is 0.813. The average molecular weight is 303 g/mol. The van der Waals surface area contributed by atoms with Crippen molar-refractivity contribution in [2.45, 2.75) is 43.6 Å². The number of fused-ring (bicyclic) bond motifs is 1. The van der Waals surface area contributed by atoms with Gasteiger partial charge >= 0.3 is 0 Å². The van der Waals surface area contributed by atoms with Crippen LogP contribution in [0.5, 0.6) is 0 Å². The molecule has 1 N–H and O–H groups in total. The molecule has 3 rings (SSSR count). The summed E-state index contributed by atoms with van der Waals surface area (Å²) in [6.45, 7) is 4.78. The van der Waals surface area contributed by atoms with Gasteiger partial charge in [-0.3, -0.25) is 0 Å². The summed E-state index contributed by atoms with van der Waals surface area (Å²) < 4.78 is 1.88. The van der Waals surface area contributed by atoms with E-state index in [1.54, 1.807) is 11.8 Å². The molecule has 1 aliphatic rings. The van der Waals surface area contributed by atoms with Gasteiger partial charge in [0.15, 0.2) is 0 Å². The first-order chi connectivity index (χ1) is 10.4. The second kappa shape index (κ2) is 7.04. The van der Waals surface area contributed by atoms with Gasteiger partial charge in [-0.2, -0.15) is 0 Å². The Labute approximate surface area is 129 Å². The van der Waals surface area contributed by atoms with Crippen molar-refractivity contribution < 1.29 is 0 Å². The van der Waals surface area contributed by atoms with E-state index in [1.807, 2.05) is 4.68 Å². The van der Waals surface area contributed by atoms with Crippen molar-refractivity contribution in [1.29, 1.82) is 0 Å². The highest BCUT2D eigenvalue weighted by atomic mass is 32.2. The number of rotatable bonds is 7. The fraction of sp³-hybridized carbons (Fsp3) is 0.533. The van der Waals surface area contributed by atoms with Gasteiger partial charge in [-0.25, -0.2) is 4.68 Å². The zero-order valence-electron chi connectivity index (χ0n) is 12.4. The molecule has 112 valence electrons. The fourth-order valence-electron chi connectivity index (χ4n) is 2.66. The third-order valence-electron chi connectivity index (χ3n) is 3.78. The number of nitrogens with zero attached hydrogens (tertiary/aromatic N) is 4. The molecule has 1 aliphatic carbocycles. The second-order valence-electron chi connectivity index (χ2n) is 5.28. The molecule has 0 bridgehead atoms. The monoisotopic (exact) mass is 303 g/mol. The Morgan fingerprint density at radius 3 is 3.10 bits per heavy atom. The van der Waals surface area contributed by atoms with E-state index in [9.17, 15) is 0 Å². The van der Waals surface area contributed by atoms with Gasteiger partial charge in [0.05, 0.1) is 6.54 Å². The van der Waals surface area contributed by atoms with E-state index in [0.29, 0.717) is 0 Å². The van der Waals surface area contributed by atoms with E-state index in [4.69, 9.17) is 0 Å². The Bertz CT molecular complexity index is 595. The van der Waals surface area contributed by atoms with Crippen molar-refractivity contribution in [2.24, 2.45) is 0 Å². The van der Waals surface area contributed by atoms with Gasteiger partial charge in [0, 0.05) is 12.3 Å². The third kappa shape index (κ3) is 3.63. The number of thioether (sulfide) groups is 1. The maximum Gasteiger partial charge on any atom is 0.209 e. The molecule has 0 aliphatic heterocycles. The van der Waals surface area contributed by atoms with Crippen molar-refractivity contribution >= 4 is 11.8 Å². The molecular formula is C15H21N5S. The van der Waals surface area contributed by atoms with Gasteiger partial charge in [0.25, 0.3) is 0 Å². The van der Waals surface area contributed by atoms with Crippen LogP contribution in [0.3, 0.4) is 0 Å². The SMILES string of the molecule is CCNCCn1nnnc1SCc1ccc2c(c1)CCC2. The lowest BCUT2D eigenvalue weighted by molar-refractivity contribution is 0.517. The van der Waals surface area contributed by atoms with Crippen molar-refractivity contribution in [3.05, 3.63) is 34.9 Å². The minimum Gasteiger partial charge on any atom is -0.315 e. The first kappa shape index (κ1) is 14.5. The number of benzene rings is 1. The first-order valence-electron chi connectivity index (χ1n) is 7.57. The Hall–Kier alpha value is -1.40. The molecule has 0 spiro atoms. The quantitative estimate of drug-likeness (QED) is 0.627. The predicted octanol–water partition coefficient (Wildman–Crippen LogP) is 2.06. The summed E-state index contributed by atoms with van der Waals surface area (Å²) in [6, 6.07) is 6.87. The molecule has 1 heterocycles. The van der Waals surface area contributed by atoms with Crippen molar-refractivity contribution in [3.63, 3.8) is 0 Å². The van der Waals surface area contributed by atoms with Gasteiger partial charge in [-0.05, 0) is 52.9 Å². The number of hydrogen-bond donors (Lipinski definition) is 1. The smallest absolute Gasteiger partial charge is 0.209 e. The van der Waals surface area contributed by atoms with E-state index in [1.165, 1.54) is 36.0 Å². The van der Waals surface area contributed by atoms with Crippen molar-refractivity contribution in [2.75, 3.05) is 13.1 Å². The zero-order chi connectivity index (χ0) is 14.5. The molecule has 1 aromatic carbocycles. The summed E-state index contributed by atoms with van der Waals surface area (Å²) in [7, 11) is 0. The maximum absolute atomic E-state index is 4.12. The lowest BCUT2D eigenvalue weighted by Crippen LogP contribution is -2.20. The van der Waals surface area contributed by atoms with Crippen LogP contribution in [-0.4, -0.2) is 33.3 Å².